The Hall–Kier alpha value is -1.59. The number of carbonyl (C=O) groups excluding carboxylic acids is 1. The van der Waals surface area contributed by atoms with Gasteiger partial charge in [0, 0.05) is 12.5 Å². The summed E-state index contributed by atoms with van der Waals surface area (Å²) in [6.07, 6.45) is 0. The predicted molar refractivity (Wildman–Crippen MR) is 46.9 cm³/mol. The zero-order valence-corrected chi connectivity index (χ0v) is 8.27. The van der Waals surface area contributed by atoms with Crippen molar-refractivity contribution >= 4 is 5.97 Å². The van der Waals surface area contributed by atoms with E-state index in [0.29, 0.717) is 12.1 Å². The first-order valence-electron chi connectivity index (χ1n) is 4.29. The first kappa shape index (κ1) is 12.5. The highest BCUT2D eigenvalue weighted by Gasteiger charge is 2.33. The molecule has 0 amide bonds. The Morgan fingerprint density at radius 3 is 2.44 bits per heavy atom. The van der Waals surface area contributed by atoms with Gasteiger partial charge in [-0.1, -0.05) is 0 Å². The molecule has 0 heterocycles. The van der Waals surface area contributed by atoms with E-state index < -0.39 is 35.7 Å². The van der Waals surface area contributed by atoms with E-state index in [0.717, 1.165) is 13.0 Å². The first-order valence-corrected chi connectivity index (χ1v) is 4.29. The lowest BCUT2D eigenvalue weighted by Crippen LogP contribution is -2.22. The van der Waals surface area contributed by atoms with E-state index in [4.69, 9.17) is 0 Å². The maximum atomic E-state index is 13.3. The molecule has 0 fully saturated rings. The number of ether oxygens (including phenoxy) is 1. The average molecular weight is 236 g/mol. The van der Waals surface area contributed by atoms with Gasteiger partial charge in [-0.2, -0.15) is 8.78 Å². The molecule has 0 aliphatic heterocycles. The van der Waals surface area contributed by atoms with E-state index in [1.54, 1.807) is 0 Å². The lowest BCUT2D eigenvalue weighted by atomic mass is 10.1. The number of halogens is 4. The van der Waals surface area contributed by atoms with Crippen molar-refractivity contribution in [2.75, 3.05) is 6.61 Å². The highest BCUT2D eigenvalue weighted by Crippen LogP contribution is 2.29. The lowest BCUT2D eigenvalue weighted by Gasteiger charge is -2.16. The van der Waals surface area contributed by atoms with Gasteiger partial charge < -0.3 is 4.74 Å². The fraction of sp³-hybridized carbons (Fsp3) is 0.300. The summed E-state index contributed by atoms with van der Waals surface area (Å²) in [4.78, 5) is 10.4. The van der Waals surface area contributed by atoms with Gasteiger partial charge in [-0.05, 0) is 18.2 Å². The Labute approximate surface area is 88.8 Å². The number of carbonyl (C=O) groups is 1. The SMILES string of the molecule is CC(=O)OCC(F)(F)c1ccc(F)c(F)c1. The number of rotatable bonds is 3. The molecule has 6 heteroatoms. The van der Waals surface area contributed by atoms with Crippen LogP contribution < -0.4 is 0 Å². The molecule has 0 radical (unpaired) electrons. The minimum atomic E-state index is -3.54. The quantitative estimate of drug-likeness (QED) is 0.595. The molecule has 1 aromatic rings. The Bertz CT molecular complexity index is 404. The molecular formula is C10H8F4O2. The third kappa shape index (κ3) is 2.95. The van der Waals surface area contributed by atoms with Crippen molar-refractivity contribution in [2.45, 2.75) is 12.8 Å². The van der Waals surface area contributed by atoms with E-state index in [1.165, 1.54) is 0 Å². The zero-order chi connectivity index (χ0) is 12.3. The van der Waals surface area contributed by atoms with E-state index >= 15 is 0 Å². The second-order valence-electron chi connectivity index (χ2n) is 3.11. The number of alkyl halides is 2. The average Bonchev–Trinajstić information content (AvgIpc) is 2.19. The van der Waals surface area contributed by atoms with Crippen LogP contribution >= 0.6 is 0 Å². The van der Waals surface area contributed by atoms with Gasteiger partial charge >= 0.3 is 11.9 Å². The van der Waals surface area contributed by atoms with Crippen molar-refractivity contribution in [2.24, 2.45) is 0 Å². The molecule has 2 nitrogen and oxygen atoms in total. The molecule has 0 saturated carbocycles. The van der Waals surface area contributed by atoms with Crippen LogP contribution in [0.3, 0.4) is 0 Å². The number of hydrogen-bond acceptors (Lipinski definition) is 2. The molecule has 0 aliphatic rings. The van der Waals surface area contributed by atoms with Crippen molar-refractivity contribution in [3.05, 3.63) is 35.4 Å². The van der Waals surface area contributed by atoms with Crippen LogP contribution in [0.15, 0.2) is 18.2 Å². The lowest BCUT2D eigenvalue weighted by molar-refractivity contribution is -0.153. The van der Waals surface area contributed by atoms with Crippen LogP contribution in [0.4, 0.5) is 17.6 Å². The largest absolute Gasteiger partial charge is 0.459 e. The molecule has 0 spiro atoms. The smallest absolute Gasteiger partial charge is 0.306 e. The Balaban J connectivity index is 2.88. The van der Waals surface area contributed by atoms with E-state index in [1.807, 2.05) is 0 Å². The maximum absolute atomic E-state index is 13.3. The number of hydrogen-bond donors (Lipinski definition) is 0. The molecule has 0 bridgehead atoms. The topological polar surface area (TPSA) is 26.3 Å². The standard InChI is InChI=1S/C10H8F4O2/c1-6(15)16-5-10(13,14)7-2-3-8(11)9(12)4-7/h2-4H,5H2,1H3. The van der Waals surface area contributed by atoms with Crippen LogP contribution in [-0.2, 0) is 15.5 Å². The van der Waals surface area contributed by atoms with Crippen LogP contribution in [0.25, 0.3) is 0 Å². The molecular weight excluding hydrogens is 228 g/mol. The summed E-state index contributed by atoms with van der Waals surface area (Å²) in [6, 6.07) is 1.70. The highest BCUT2D eigenvalue weighted by atomic mass is 19.3. The summed E-state index contributed by atoms with van der Waals surface area (Å²) in [5, 5.41) is 0. The zero-order valence-electron chi connectivity index (χ0n) is 8.27. The summed E-state index contributed by atoms with van der Waals surface area (Å²) in [5.41, 5.74) is -0.743. The van der Waals surface area contributed by atoms with Gasteiger partial charge in [0.25, 0.3) is 0 Å². The van der Waals surface area contributed by atoms with Crippen LogP contribution in [0, 0.1) is 11.6 Å². The third-order valence-electron chi connectivity index (χ3n) is 1.80. The molecule has 0 aliphatic carbocycles. The maximum Gasteiger partial charge on any atom is 0.306 e. The fourth-order valence-corrected chi connectivity index (χ4v) is 0.999. The van der Waals surface area contributed by atoms with E-state index in [-0.39, 0.29) is 0 Å². The summed E-state index contributed by atoms with van der Waals surface area (Å²) in [7, 11) is 0. The molecule has 0 N–H and O–H groups in total. The van der Waals surface area contributed by atoms with Crippen molar-refractivity contribution < 1.29 is 27.1 Å². The molecule has 88 valence electrons. The summed E-state index contributed by atoms with van der Waals surface area (Å²) in [5.74, 6) is -7.01. The van der Waals surface area contributed by atoms with Gasteiger partial charge in [0.15, 0.2) is 18.2 Å². The Morgan fingerprint density at radius 2 is 1.94 bits per heavy atom. The highest BCUT2D eigenvalue weighted by molar-refractivity contribution is 5.65. The van der Waals surface area contributed by atoms with E-state index in [2.05, 4.69) is 4.74 Å². The number of benzene rings is 1. The van der Waals surface area contributed by atoms with Crippen LogP contribution in [0.1, 0.15) is 12.5 Å². The van der Waals surface area contributed by atoms with Gasteiger partial charge in [-0.25, -0.2) is 8.78 Å². The molecule has 0 aromatic heterocycles. The van der Waals surface area contributed by atoms with Gasteiger partial charge in [-0.15, -0.1) is 0 Å². The molecule has 0 atom stereocenters. The first-order chi connectivity index (χ1) is 7.33. The second-order valence-corrected chi connectivity index (χ2v) is 3.11. The Morgan fingerprint density at radius 1 is 1.31 bits per heavy atom. The van der Waals surface area contributed by atoms with Crippen LogP contribution in [0.2, 0.25) is 0 Å². The third-order valence-corrected chi connectivity index (χ3v) is 1.80. The van der Waals surface area contributed by atoms with Crippen molar-refractivity contribution in [1.29, 1.82) is 0 Å². The van der Waals surface area contributed by atoms with Crippen molar-refractivity contribution in [3.8, 4) is 0 Å². The predicted octanol–water partition coefficient (Wildman–Crippen LogP) is 2.62. The van der Waals surface area contributed by atoms with Gasteiger partial charge in [0.05, 0.1) is 0 Å². The van der Waals surface area contributed by atoms with Gasteiger partial charge in [0.1, 0.15) is 0 Å². The molecule has 1 rings (SSSR count). The molecule has 1 aromatic carbocycles. The van der Waals surface area contributed by atoms with Crippen molar-refractivity contribution in [3.63, 3.8) is 0 Å². The van der Waals surface area contributed by atoms with Crippen LogP contribution in [-0.4, -0.2) is 12.6 Å². The number of esters is 1. The second kappa shape index (κ2) is 4.51. The minimum absolute atomic E-state index is 0.374. The van der Waals surface area contributed by atoms with Gasteiger partial charge in [0.2, 0.25) is 0 Å². The molecule has 0 unspecified atom stereocenters. The molecule has 16 heavy (non-hydrogen) atoms. The fourth-order valence-electron chi connectivity index (χ4n) is 0.999. The van der Waals surface area contributed by atoms with Crippen molar-refractivity contribution in [1.82, 2.24) is 0 Å². The normalized spacial score (nSPS) is 11.3. The van der Waals surface area contributed by atoms with E-state index in [9.17, 15) is 22.4 Å². The molecule has 0 saturated heterocycles. The summed E-state index contributed by atoms with van der Waals surface area (Å²) >= 11 is 0. The van der Waals surface area contributed by atoms with Crippen LogP contribution in [0.5, 0.6) is 0 Å². The monoisotopic (exact) mass is 236 g/mol. The minimum Gasteiger partial charge on any atom is -0.459 e. The summed E-state index contributed by atoms with van der Waals surface area (Å²) in [6.45, 7) is -0.227. The van der Waals surface area contributed by atoms with Gasteiger partial charge in [-0.3, -0.25) is 4.79 Å². The Kier molecular flexibility index (Phi) is 3.51. The summed E-state index contributed by atoms with van der Waals surface area (Å²) < 4.78 is 55.8.